The molecule has 0 rings (SSSR count). The number of carbonyl (C=O) groups excluding carboxylic acids is 1. The molecule has 0 N–H and O–H groups in total. The summed E-state index contributed by atoms with van der Waals surface area (Å²) < 4.78 is 0. The van der Waals surface area contributed by atoms with Crippen LogP contribution in [-0.4, -0.2) is 16.7 Å². The van der Waals surface area contributed by atoms with Gasteiger partial charge in [0.25, 0.3) is 0 Å². The number of rotatable bonds is 6. The fourth-order valence-corrected chi connectivity index (χ4v) is 1.37. The maximum atomic E-state index is 10.7. The average Bonchev–Trinajstić information content (AvgIpc) is 2.03. The molecule has 0 aromatic heterocycles. The minimum absolute atomic E-state index is 0.148. The predicted octanol–water partition coefficient (Wildman–Crippen LogP) is 2.05. The van der Waals surface area contributed by atoms with Gasteiger partial charge in [-0.15, -0.1) is 0 Å². The van der Waals surface area contributed by atoms with E-state index in [4.69, 9.17) is 0 Å². The second-order valence-electron chi connectivity index (χ2n) is 3.80. The standard InChI is InChI=1S/C9H17NO3/c1-4-5-8(6-7-11)9(2,3)10(12)13/h7-8H,4-6H2,1-3H3. The second-order valence-corrected chi connectivity index (χ2v) is 3.80. The third-order valence-electron chi connectivity index (χ3n) is 2.49. The lowest BCUT2D eigenvalue weighted by Gasteiger charge is -2.24. The minimum Gasteiger partial charge on any atom is -0.303 e. The number of hydrogen-bond donors (Lipinski definition) is 0. The highest BCUT2D eigenvalue weighted by molar-refractivity contribution is 5.50. The van der Waals surface area contributed by atoms with Crippen molar-refractivity contribution < 1.29 is 9.72 Å². The Labute approximate surface area is 78.5 Å². The Bertz CT molecular complexity index is 189. The lowest BCUT2D eigenvalue weighted by molar-refractivity contribution is -0.571. The fraction of sp³-hybridized carbons (Fsp3) is 0.889. The first-order chi connectivity index (χ1) is 5.96. The summed E-state index contributed by atoms with van der Waals surface area (Å²) >= 11 is 0. The summed E-state index contributed by atoms with van der Waals surface area (Å²) in [4.78, 5) is 20.7. The smallest absolute Gasteiger partial charge is 0.219 e. The minimum atomic E-state index is -0.989. The first-order valence-corrected chi connectivity index (χ1v) is 4.54. The van der Waals surface area contributed by atoms with Crippen LogP contribution in [0.5, 0.6) is 0 Å². The molecule has 1 atom stereocenters. The molecule has 0 aliphatic carbocycles. The van der Waals surface area contributed by atoms with Gasteiger partial charge < -0.3 is 4.79 Å². The lowest BCUT2D eigenvalue weighted by Crippen LogP contribution is -2.39. The molecule has 4 heteroatoms. The van der Waals surface area contributed by atoms with Gasteiger partial charge in [0.1, 0.15) is 6.29 Å². The van der Waals surface area contributed by atoms with Crippen LogP contribution < -0.4 is 0 Å². The van der Waals surface area contributed by atoms with Crippen molar-refractivity contribution in [2.75, 3.05) is 0 Å². The zero-order valence-electron chi connectivity index (χ0n) is 8.45. The van der Waals surface area contributed by atoms with Crippen molar-refractivity contribution >= 4 is 6.29 Å². The van der Waals surface area contributed by atoms with E-state index in [0.717, 1.165) is 19.1 Å². The van der Waals surface area contributed by atoms with E-state index in [1.165, 1.54) is 0 Å². The summed E-state index contributed by atoms with van der Waals surface area (Å²) in [5.41, 5.74) is -0.989. The zero-order valence-corrected chi connectivity index (χ0v) is 8.45. The molecular formula is C9H17NO3. The van der Waals surface area contributed by atoms with Gasteiger partial charge in [-0.25, -0.2) is 0 Å². The van der Waals surface area contributed by atoms with Gasteiger partial charge in [0.15, 0.2) is 0 Å². The quantitative estimate of drug-likeness (QED) is 0.363. The molecule has 0 heterocycles. The molecule has 0 aromatic carbocycles. The van der Waals surface area contributed by atoms with Crippen molar-refractivity contribution in [1.82, 2.24) is 0 Å². The van der Waals surface area contributed by atoms with Crippen molar-refractivity contribution in [1.29, 1.82) is 0 Å². The van der Waals surface area contributed by atoms with E-state index < -0.39 is 5.54 Å². The summed E-state index contributed by atoms with van der Waals surface area (Å²) in [5, 5.41) is 10.7. The molecule has 0 aliphatic rings. The first-order valence-electron chi connectivity index (χ1n) is 4.54. The molecular weight excluding hydrogens is 170 g/mol. The van der Waals surface area contributed by atoms with E-state index in [1.807, 2.05) is 6.92 Å². The Morgan fingerprint density at radius 1 is 1.54 bits per heavy atom. The van der Waals surface area contributed by atoms with Gasteiger partial charge in [-0.2, -0.15) is 0 Å². The van der Waals surface area contributed by atoms with Gasteiger partial charge >= 0.3 is 0 Å². The summed E-state index contributed by atoms with van der Waals surface area (Å²) in [6.07, 6.45) is 2.65. The Morgan fingerprint density at radius 2 is 2.08 bits per heavy atom. The Morgan fingerprint density at radius 3 is 2.38 bits per heavy atom. The Balaban J connectivity index is 4.49. The van der Waals surface area contributed by atoms with E-state index in [-0.39, 0.29) is 17.3 Å². The molecule has 1 unspecified atom stereocenters. The highest BCUT2D eigenvalue weighted by atomic mass is 16.6. The van der Waals surface area contributed by atoms with Gasteiger partial charge in [-0.05, 0) is 6.42 Å². The zero-order chi connectivity index (χ0) is 10.5. The third kappa shape index (κ3) is 3.13. The molecule has 0 radical (unpaired) electrons. The highest BCUT2D eigenvalue weighted by Gasteiger charge is 2.39. The van der Waals surface area contributed by atoms with Crippen LogP contribution in [0.3, 0.4) is 0 Å². The third-order valence-corrected chi connectivity index (χ3v) is 2.49. The fourth-order valence-electron chi connectivity index (χ4n) is 1.37. The largest absolute Gasteiger partial charge is 0.303 e. The van der Waals surface area contributed by atoms with Crippen LogP contribution in [0.4, 0.5) is 0 Å². The normalized spacial score (nSPS) is 13.8. The van der Waals surface area contributed by atoms with Gasteiger partial charge in [0, 0.05) is 31.1 Å². The molecule has 0 aliphatic heterocycles. The number of carbonyl (C=O) groups is 1. The van der Waals surface area contributed by atoms with Crippen LogP contribution in [0.1, 0.15) is 40.0 Å². The summed E-state index contributed by atoms with van der Waals surface area (Å²) in [7, 11) is 0. The van der Waals surface area contributed by atoms with Crippen LogP contribution in [0, 0.1) is 16.0 Å². The maximum Gasteiger partial charge on any atom is 0.219 e. The molecule has 13 heavy (non-hydrogen) atoms. The first kappa shape index (κ1) is 12.1. The van der Waals surface area contributed by atoms with Gasteiger partial charge in [0.05, 0.1) is 0 Å². The van der Waals surface area contributed by atoms with Crippen LogP contribution in [0.25, 0.3) is 0 Å². The number of hydrogen-bond acceptors (Lipinski definition) is 3. The molecule has 0 saturated heterocycles. The van der Waals surface area contributed by atoms with E-state index >= 15 is 0 Å². The van der Waals surface area contributed by atoms with Crippen LogP contribution in [0.15, 0.2) is 0 Å². The molecule has 0 aromatic rings. The number of nitrogens with zero attached hydrogens (tertiary/aromatic N) is 1. The van der Waals surface area contributed by atoms with Crippen molar-refractivity contribution in [3.05, 3.63) is 10.1 Å². The highest BCUT2D eigenvalue weighted by Crippen LogP contribution is 2.27. The molecule has 0 bridgehead atoms. The molecule has 4 nitrogen and oxygen atoms in total. The van der Waals surface area contributed by atoms with E-state index in [1.54, 1.807) is 13.8 Å². The van der Waals surface area contributed by atoms with E-state index in [9.17, 15) is 14.9 Å². The summed E-state index contributed by atoms with van der Waals surface area (Å²) in [6, 6.07) is 0. The topological polar surface area (TPSA) is 60.2 Å². The van der Waals surface area contributed by atoms with Crippen molar-refractivity contribution in [3.8, 4) is 0 Å². The van der Waals surface area contributed by atoms with Crippen LogP contribution in [0.2, 0.25) is 0 Å². The maximum absolute atomic E-state index is 10.7. The monoisotopic (exact) mass is 187 g/mol. The van der Waals surface area contributed by atoms with Crippen molar-refractivity contribution in [2.24, 2.45) is 5.92 Å². The molecule has 76 valence electrons. The van der Waals surface area contributed by atoms with Crippen molar-refractivity contribution in [2.45, 2.75) is 45.6 Å². The van der Waals surface area contributed by atoms with Gasteiger partial charge in [-0.3, -0.25) is 10.1 Å². The summed E-state index contributed by atoms with van der Waals surface area (Å²) in [5.74, 6) is -0.148. The number of aldehydes is 1. The van der Waals surface area contributed by atoms with E-state index in [0.29, 0.717) is 0 Å². The Kier molecular flexibility index (Phi) is 4.59. The van der Waals surface area contributed by atoms with Crippen LogP contribution >= 0.6 is 0 Å². The SMILES string of the molecule is CCCC(CC=O)C(C)(C)[N+](=O)[O-]. The molecule has 0 spiro atoms. The van der Waals surface area contributed by atoms with Gasteiger partial charge in [-0.1, -0.05) is 13.3 Å². The predicted molar refractivity (Wildman–Crippen MR) is 50.2 cm³/mol. The molecule has 0 fully saturated rings. The second kappa shape index (κ2) is 4.94. The van der Waals surface area contributed by atoms with Crippen molar-refractivity contribution in [3.63, 3.8) is 0 Å². The molecule has 0 saturated carbocycles. The number of nitro groups is 1. The molecule has 0 amide bonds. The summed E-state index contributed by atoms with van der Waals surface area (Å²) in [6.45, 7) is 5.13. The lowest BCUT2D eigenvalue weighted by atomic mass is 9.83. The van der Waals surface area contributed by atoms with E-state index in [2.05, 4.69) is 0 Å². The Hall–Kier alpha value is -0.930. The van der Waals surface area contributed by atoms with Gasteiger partial charge in [0.2, 0.25) is 5.54 Å². The average molecular weight is 187 g/mol. The van der Waals surface area contributed by atoms with Crippen LogP contribution in [-0.2, 0) is 4.79 Å².